The monoisotopic (exact) mass is 263 g/mol. The Bertz CT molecular complexity index is 524. The second kappa shape index (κ2) is 4.28. The highest BCUT2D eigenvalue weighted by molar-refractivity contribution is 6.31. The second-order valence-electron chi connectivity index (χ2n) is 3.08. The molecular formula is C8H5ClF3N5. The maximum atomic E-state index is 12.1. The molecule has 0 radical (unpaired) electrons. The van der Waals surface area contributed by atoms with Crippen molar-refractivity contribution in [3.8, 4) is 11.5 Å². The van der Waals surface area contributed by atoms with Gasteiger partial charge >= 0.3 is 6.18 Å². The van der Waals surface area contributed by atoms with Crippen LogP contribution in [0, 0.1) is 0 Å². The highest BCUT2D eigenvalue weighted by atomic mass is 35.5. The van der Waals surface area contributed by atoms with Crippen LogP contribution in [0.2, 0.25) is 5.15 Å². The van der Waals surface area contributed by atoms with Crippen LogP contribution in [0.5, 0.6) is 0 Å². The van der Waals surface area contributed by atoms with Crippen molar-refractivity contribution in [3.05, 3.63) is 23.9 Å². The van der Waals surface area contributed by atoms with Crippen molar-refractivity contribution < 1.29 is 13.2 Å². The van der Waals surface area contributed by atoms with Gasteiger partial charge in [-0.1, -0.05) is 11.6 Å². The summed E-state index contributed by atoms with van der Waals surface area (Å²) in [6.45, 7) is -1.21. The summed E-state index contributed by atoms with van der Waals surface area (Å²) in [7, 11) is 0. The van der Waals surface area contributed by atoms with Gasteiger partial charge < -0.3 is 0 Å². The summed E-state index contributed by atoms with van der Waals surface area (Å²) in [5.74, 6) is 0.00681. The molecule has 2 heterocycles. The normalized spacial score (nSPS) is 11.8. The van der Waals surface area contributed by atoms with E-state index in [-0.39, 0.29) is 16.7 Å². The third-order valence-corrected chi connectivity index (χ3v) is 2.02. The van der Waals surface area contributed by atoms with Crippen LogP contribution in [0.1, 0.15) is 0 Å². The van der Waals surface area contributed by atoms with Crippen LogP contribution < -0.4 is 0 Å². The van der Waals surface area contributed by atoms with Crippen molar-refractivity contribution in [1.29, 1.82) is 0 Å². The first-order chi connectivity index (χ1) is 7.96. The Morgan fingerprint density at radius 3 is 2.53 bits per heavy atom. The lowest BCUT2D eigenvalue weighted by Gasteiger charge is -2.04. The molecule has 0 unspecified atom stereocenters. The van der Waals surface area contributed by atoms with Crippen molar-refractivity contribution in [2.75, 3.05) is 0 Å². The van der Waals surface area contributed by atoms with Gasteiger partial charge in [-0.2, -0.15) is 13.2 Å². The van der Waals surface area contributed by atoms with Gasteiger partial charge in [-0.15, -0.1) is 5.10 Å². The molecule has 0 aliphatic carbocycles. The van der Waals surface area contributed by atoms with E-state index in [4.69, 9.17) is 11.6 Å². The van der Waals surface area contributed by atoms with E-state index in [1.54, 1.807) is 0 Å². The Morgan fingerprint density at radius 2 is 1.88 bits per heavy atom. The summed E-state index contributed by atoms with van der Waals surface area (Å²) in [4.78, 5) is 11.3. The van der Waals surface area contributed by atoms with Crippen LogP contribution in [0.4, 0.5) is 13.2 Å². The van der Waals surface area contributed by atoms with E-state index in [2.05, 4.69) is 20.1 Å². The van der Waals surface area contributed by atoms with Crippen LogP contribution in [-0.2, 0) is 6.54 Å². The minimum Gasteiger partial charge on any atom is -0.248 e. The summed E-state index contributed by atoms with van der Waals surface area (Å²) in [6.07, 6.45) is -0.671. The molecule has 0 N–H and O–H groups in total. The van der Waals surface area contributed by atoms with Crippen LogP contribution >= 0.6 is 11.6 Å². The lowest BCUT2D eigenvalue weighted by molar-refractivity contribution is -0.142. The lowest BCUT2D eigenvalue weighted by atomic mass is 10.4. The van der Waals surface area contributed by atoms with Crippen molar-refractivity contribution in [1.82, 2.24) is 24.7 Å². The third-order valence-electron chi connectivity index (χ3n) is 1.74. The lowest BCUT2D eigenvalue weighted by Crippen LogP contribution is -2.18. The molecule has 0 atom stereocenters. The fraction of sp³-hybridized carbons (Fsp3) is 0.250. The van der Waals surface area contributed by atoms with Gasteiger partial charge in [0.25, 0.3) is 0 Å². The second-order valence-corrected chi connectivity index (χ2v) is 3.43. The van der Waals surface area contributed by atoms with Crippen LogP contribution in [-0.4, -0.2) is 30.9 Å². The van der Waals surface area contributed by atoms with E-state index < -0.39 is 12.7 Å². The van der Waals surface area contributed by atoms with E-state index in [1.165, 1.54) is 12.4 Å². The van der Waals surface area contributed by atoms with Gasteiger partial charge in [0.15, 0.2) is 5.15 Å². The molecule has 2 aromatic heterocycles. The molecule has 0 saturated heterocycles. The first-order valence-electron chi connectivity index (χ1n) is 4.39. The fourth-order valence-corrected chi connectivity index (χ4v) is 1.32. The maximum absolute atomic E-state index is 12.1. The highest BCUT2D eigenvalue weighted by Crippen LogP contribution is 2.21. The zero-order valence-electron chi connectivity index (χ0n) is 8.19. The Kier molecular flexibility index (Phi) is 2.97. The Balaban J connectivity index is 2.28. The fourth-order valence-electron chi connectivity index (χ4n) is 1.13. The van der Waals surface area contributed by atoms with Crippen LogP contribution in [0.15, 0.2) is 18.7 Å². The zero-order chi connectivity index (χ0) is 12.5. The van der Waals surface area contributed by atoms with Crippen LogP contribution in [0.3, 0.4) is 0 Å². The quantitative estimate of drug-likeness (QED) is 0.831. The molecule has 0 aliphatic heterocycles. The molecule has 0 bridgehead atoms. The third kappa shape index (κ3) is 2.90. The molecule has 0 amide bonds. The summed E-state index contributed by atoms with van der Waals surface area (Å²) in [5, 5.41) is 3.66. The molecule has 5 nitrogen and oxygen atoms in total. The molecule has 90 valence electrons. The first kappa shape index (κ1) is 11.8. The minimum absolute atomic E-state index is 0.00681. The molecular weight excluding hydrogens is 259 g/mol. The maximum Gasteiger partial charge on any atom is 0.408 e. The highest BCUT2D eigenvalue weighted by Gasteiger charge is 2.28. The Labute approximate surface area is 98.3 Å². The molecule has 2 aromatic rings. The molecule has 0 aromatic carbocycles. The predicted molar refractivity (Wildman–Crippen MR) is 52.1 cm³/mol. The van der Waals surface area contributed by atoms with Gasteiger partial charge in [-0.25, -0.2) is 19.6 Å². The van der Waals surface area contributed by atoms with E-state index in [1.807, 2.05) is 0 Å². The van der Waals surface area contributed by atoms with Gasteiger partial charge in [-0.3, -0.25) is 0 Å². The zero-order valence-corrected chi connectivity index (χ0v) is 8.94. The van der Waals surface area contributed by atoms with E-state index in [0.717, 1.165) is 6.33 Å². The standard InChI is InChI=1S/C8H5ClF3N5/c9-6-5(13-1-2-14-6)7-15-4-17(16-7)3-8(10,11)12/h1-2,4H,3H2. The van der Waals surface area contributed by atoms with Gasteiger partial charge in [0.2, 0.25) is 5.82 Å². The first-order valence-corrected chi connectivity index (χ1v) is 4.76. The topological polar surface area (TPSA) is 56.5 Å². The smallest absolute Gasteiger partial charge is 0.248 e. The number of hydrogen-bond acceptors (Lipinski definition) is 4. The molecule has 17 heavy (non-hydrogen) atoms. The molecule has 0 spiro atoms. The number of rotatable bonds is 2. The van der Waals surface area contributed by atoms with Gasteiger partial charge in [0, 0.05) is 12.4 Å². The summed E-state index contributed by atoms with van der Waals surface area (Å²) < 4.78 is 36.9. The predicted octanol–water partition coefficient (Wildman–Crippen LogP) is 1.95. The Morgan fingerprint density at radius 1 is 1.18 bits per heavy atom. The van der Waals surface area contributed by atoms with E-state index in [0.29, 0.717) is 4.68 Å². The van der Waals surface area contributed by atoms with Crippen molar-refractivity contribution >= 4 is 11.6 Å². The van der Waals surface area contributed by atoms with Crippen LogP contribution in [0.25, 0.3) is 11.5 Å². The molecule has 2 rings (SSSR count). The molecule has 0 saturated carbocycles. The van der Waals surface area contributed by atoms with Gasteiger partial charge in [0.05, 0.1) is 0 Å². The summed E-state index contributed by atoms with van der Waals surface area (Å²) in [6, 6.07) is 0. The largest absolute Gasteiger partial charge is 0.408 e. The van der Waals surface area contributed by atoms with Crippen molar-refractivity contribution in [2.24, 2.45) is 0 Å². The number of hydrogen-bond donors (Lipinski definition) is 0. The van der Waals surface area contributed by atoms with Crippen molar-refractivity contribution in [3.63, 3.8) is 0 Å². The SMILES string of the molecule is FC(F)(F)Cn1cnc(-c2nccnc2Cl)n1. The molecule has 0 fully saturated rings. The number of alkyl halides is 3. The minimum atomic E-state index is -4.35. The van der Waals surface area contributed by atoms with Gasteiger partial charge in [0.1, 0.15) is 18.6 Å². The number of aromatic nitrogens is 5. The average Bonchev–Trinajstić information content (AvgIpc) is 2.64. The van der Waals surface area contributed by atoms with Crippen molar-refractivity contribution in [2.45, 2.75) is 12.7 Å². The summed E-state index contributed by atoms with van der Waals surface area (Å²) in [5.41, 5.74) is 0.148. The van der Waals surface area contributed by atoms with E-state index >= 15 is 0 Å². The Hall–Kier alpha value is -1.70. The van der Waals surface area contributed by atoms with E-state index in [9.17, 15) is 13.2 Å². The molecule has 9 heteroatoms. The molecule has 0 aliphatic rings. The number of halogens is 4. The number of nitrogens with zero attached hydrogens (tertiary/aromatic N) is 5. The summed E-state index contributed by atoms with van der Waals surface area (Å²) >= 11 is 5.72. The average molecular weight is 264 g/mol. The van der Waals surface area contributed by atoms with Gasteiger partial charge in [-0.05, 0) is 0 Å².